The lowest BCUT2D eigenvalue weighted by molar-refractivity contribution is -0.142. The van der Waals surface area contributed by atoms with Gasteiger partial charge in [0.15, 0.2) is 0 Å². The standard InChI is InChI=1S/C13H22N2O2/c1-6-15-9(2)7-12(11(15)4)8-14-10(3)13(16)17-5/h7,10,14H,6,8H2,1-5H3/t10-/m0/s1. The maximum Gasteiger partial charge on any atom is 0.322 e. The van der Waals surface area contributed by atoms with Gasteiger partial charge in [0, 0.05) is 24.5 Å². The van der Waals surface area contributed by atoms with Crippen molar-refractivity contribution < 1.29 is 9.53 Å². The van der Waals surface area contributed by atoms with E-state index >= 15 is 0 Å². The highest BCUT2D eigenvalue weighted by Gasteiger charge is 2.14. The van der Waals surface area contributed by atoms with Crippen LogP contribution in [0.3, 0.4) is 0 Å². The van der Waals surface area contributed by atoms with Crippen LogP contribution in [-0.2, 0) is 22.6 Å². The zero-order chi connectivity index (χ0) is 13.0. The summed E-state index contributed by atoms with van der Waals surface area (Å²) in [7, 11) is 1.41. The Hall–Kier alpha value is -1.29. The second kappa shape index (κ2) is 5.87. The molecule has 4 nitrogen and oxygen atoms in total. The van der Waals surface area contributed by atoms with Gasteiger partial charge in [-0.3, -0.25) is 4.79 Å². The van der Waals surface area contributed by atoms with Crippen LogP contribution in [0.4, 0.5) is 0 Å². The van der Waals surface area contributed by atoms with Gasteiger partial charge >= 0.3 is 5.97 Å². The number of methoxy groups -OCH3 is 1. The molecular formula is C13H22N2O2. The van der Waals surface area contributed by atoms with Crippen LogP contribution in [0.15, 0.2) is 6.07 Å². The van der Waals surface area contributed by atoms with Crippen LogP contribution in [0, 0.1) is 13.8 Å². The Balaban J connectivity index is 2.67. The lowest BCUT2D eigenvalue weighted by atomic mass is 10.2. The SMILES string of the molecule is CCn1c(C)cc(CN[C@@H](C)C(=O)OC)c1C. The zero-order valence-electron chi connectivity index (χ0n) is 11.3. The number of nitrogens with zero attached hydrogens (tertiary/aromatic N) is 1. The maximum atomic E-state index is 11.3. The molecule has 1 aromatic rings. The topological polar surface area (TPSA) is 43.3 Å². The summed E-state index contributed by atoms with van der Waals surface area (Å²) in [6.45, 7) is 9.82. The van der Waals surface area contributed by atoms with Gasteiger partial charge in [0.2, 0.25) is 0 Å². The summed E-state index contributed by atoms with van der Waals surface area (Å²) in [5.74, 6) is -0.228. The fourth-order valence-corrected chi connectivity index (χ4v) is 2.06. The van der Waals surface area contributed by atoms with Gasteiger partial charge in [0.1, 0.15) is 6.04 Å². The maximum absolute atomic E-state index is 11.3. The molecule has 1 aromatic heterocycles. The van der Waals surface area contributed by atoms with Crippen molar-refractivity contribution in [3.63, 3.8) is 0 Å². The van der Waals surface area contributed by atoms with Gasteiger partial charge in [-0.2, -0.15) is 0 Å². The molecule has 0 saturated heterocycles. The van der Waals surface area contributed by atoms with Gasteiger partial charge in [-0.15, -0.1) is 0 Å². The molecule has 0 aliphatic heterocycles. The van der Waals surface area contributed by atoms with Crippen molar-refractivity contribution in [3.05, 3.63) is 23.0 Å². The van der Waals surface area contributed by atoms with Crippen LogP contribution >= 0.6 is 0 Å². The number of rotatable bonds is 5. The Kier molecular flexibility index (Phi) is 4.75. The molecule has 1 N–H and O–H groups in total. The summed E-state index contributed by atoms with van der Waals surface area (Å²) in [5, 5.41) is 3.17. The number of hydrogen-bond acceptors (Lipinski definition) is 3. The monoisotopic (exact) mass is 238 g/mol. The van der Waals surface area contributed by atoms with Crippen molar-refractivity contribution in [3.8, 4) is 0 Å². The van der Waals surface area contributed by atoms with E-state index in [2.05, 4.69) is 41.5 Å². The summed E-state index contributed by atoms with van der Waals surface area (Å²) in [5.41, 5.74) is 3.75. The van der Waals surface area contributed by atoms with E-state index in [1.165, 1.54) is 24.1 Å². The van der Waals surface area contributed by atoms with Gasteiger partial charge < -0.3 is 14.6 Å². The molecule has 0 aliphatic rings. The van der Waals surface area contributed by atoms with Gasteiger partial charge in [0.05, 0.1) is 7.11 Å². The first-order chi connectivity index (χ1) is 8.01. The van der Waals surface area contributed by atoms with Crippen molar-refractivity contribution in [1.82, 2.24) is 9.88 Å². The van der Waals surface area contributed by atoms with Gasteiger partial charge in [0.25, 0.3) is 0 Å². The van der Waals surface area contributed by atoms with Gasteiger partial charge in [-0.05, 0) is 39.3 Å². The van der Waals surface area contributed by atoms with E-state index in [4.69, 9.17) is 0 Å². The van der Waals surface area contributed by atoms with Crippen LogP contribution in [0.1, 0.15) is 30.8 Å². The van der Waals surface area contributed by atoms with Gasteiger partial charge in [-0.25, -0.2) is 0 Å². The molecule has 4 heteroatoms. The quantitative estimate of drug-likeness (QED) is 0.795. The molecule has 0 amide bonds. The number of ether oxygens (including phenoxy) is 1. The highest BCUT2D eigenvalue weighted by atomic mass is 16.5. The molecule has 1 heterocycles. The fraction of sp³-hybridized carbons (Fsp3) is 0.615. The van der Waals surface area contributed by atoms with Crippen LogP contribution in [-0.4, -0.2) is 23.7 Å². The molecule has 0 unspecified atom stereocenters. The van der Waals surface area contributed by atoms with Crippen molar-refractivity contribution in [2.24, 2.45) is 0 Å². The molecule has 0 aromatic carbocycles. The first-order valence-corrected chi connectivity index (χ1v) is 5.98. The number of nitrogens with one attached hydrogen (secondary N) is 1. The third-order valence-corrected chi connectivity index (χ3v) is 3.15. The molecule has 0 saturated carbocycles. The molecule has 0 radical (unpaired) electrons. The van der Waals surface area contributed by atoms with E-state index in [0.29, 0.717) is 6.54 Å². The van der Waals surface area contributed by atoms with E-state index < -0.39 is 0 Å². The van der Waals surface area contributed by atoms with Gasteiger partial charge in [-0.1, -0.05) is 0 Å². The summed E-state index contributed by atoms with van der Waals surface area (Å²) >= 11 is 0. The zero-order valence-corrected chi connectivity index (χ0v) is 11.3. The molecule has 0 spiro atoms. The average Bonchev–Trinajstić information content (AvgIpc) is 2.59. The van der Waals surface area contributed by atoms with Crippen molar-refractivity contribution in [2.75, 3.05) is 7.11 Å². The Labute approximate surface area is 103 Å². The molecule has 1 rings (SSSR count). The van der Waals surface area contributed by atoms with Crippen LogP contribution in [0.2, 0.25) is 0 Å². The summed E-state index contributed by atoms with van der Waals surface area (Å²) < 4.78 is 6.94. The first-order valence-electron chi connectivity index (χ1n) is 5.98. The van der Waals surface area contributed by atoms with Crippen LogP contribution in [0.5, 0.6) is 0 Å². The van der Waals surface area contributed by atoms with Crippen molar-refractivity contribution in [2.45, 2.75) is 46.8 Å². The largest absolute Gasteiger partial charge is 0.468 e. The second-order valence-corrected chi connectivity index (χ2v) is 4.27. The predicted molar refractivity (Wildman–Crippen MR) is 67.9 cm³/mol. The average molecular weight is 238 g/mol. The molecule has 1 atom stereocenters. The van der Waals surface area contributed by atoms with Crippen molar-refractivity contribution >= 4 is 5.97 Å². The summed E-state index contributed by atoms with van der Waals surface area (Å²) in [6.07, 6.45) is 0. The number of hydrogen-bond donors (Lipinski definition) is 1. The lowest BCUT2D eigenvalue weighted by Crippen LogP contribution is -2.34. The minimum Gasteiger partial charge on any atom is -0.468 e. The minimum atomic E-state index is -0.273. The fourth-order valence-electron chi connectivity index (χ4n) is 2.06. The van der Waals surface area contributed by atoms with Crippen LogP contribution < -0.4 is 5.32 Å². The molecule has 96 valence electrons. The highest BCUT2D eigenvalue weighted by Crippen LogP contribution is 2.14. The Bertz CT molecular complexity index is 396. The molecule has 0 aliphatic carbocycles. The molecule has 17 heavy (non-hydrogen) atoms. The normalized spacial score (nSPS) is 12.5. The minimum absolute atomic E-state index is 0.228. The number of carbonyl (C=O) groups excluding carboxylic acids is 1. The Morgan fingerprint density at radius 2 is 2.18 bits per heavy atom. The number of carbonyl (C=O) groups is 1. The Morgan fingerprint density at radius 3 is 2.65 bits per heavy atom. The van der Waals surface area contributed by atoms with E-state index in [1.807, 2.05) is 6.92 Å². The molecule has 0 bridgehead atoms. The molecule has 0 fully saturated rings. The lowest BCUT2D eigenvalue weighted by Gasteiger charge is -2.11. The van der Waals surface area contributed by atoms with E-state index in [1.54, 1.807) is 0 Å². The molecular weight excluding hydrogens is 216 g/mol. The summed E-state index contributed by atoms with van der Waals surface area (Å²) in [4.78, 5) is 11.3. The first kappa shape index (κ1) is 13.8. The third kappa shape index (κ3) is 3.09. The highest BCUT2D eigenvalue weighted by molar-refractivity contribution is 5.75. The second-order valence-electron chi connectivity index (χ2n) is 4.27. The number of aromatic nitrogens is 1. The summed E-state index contributed by atoms with van der Waals surface area (Å²) in [6, 6.07) is 1.89. The van der Waals surface area contributed by atoms with E-state index in [0.717, 1.165) is 6.54 Å². The number of aryl methyl sites for hydroxylation is 1. The Morgan fingerprint density at radius 1 is 1.53 bits per heavy atom. The van der Waals surface area contributed by atoms with Crippen LogP contribution in [0.25, 0.3) is 0 Å². The van der Waals surface area contributed by atoms with Crippen molar-refractivity contribution in [1.29, 1.82) is 0 Å². The third-order valence-electron chi connectivity index (χ3n) is 3.15. The smallest absolute Gasteiger partial charge is 0.322 e. The number of esters is 1. The van der Waals surface area contributed by atoms with E-state index in [9.17, 15) is 4.79 Å². The predicted octanol–water partition coefficient (Wildman–Crippen LogP) is 1.78. The van der Waals surface area contributed by atoms with E-state index in [-0.39, 0.29) is 12.0 Å².